The second-order valence-corrected chi connectivity index (χ2v) is 11.9. The summed E-state index contributed by atoms with van der Waals surface area (Å²) in [7, 11) is 0. The minimum Gasteiger partial charge on any atom is -0.459 e. The van der Waals surface area contributed by atoms with E-state index in [0.29, 0.717) is 6.42 Å². The number of aliphatic hydroxyl groups excluding tert-OH is 1. The van der Waals surface area contributed by atoms with Crippen LogP contribution in [0.5, 0.6) is 0 Å². The highest BCUT2D eigenvalue weighted by Crippen LogP contribution is 2.27. The molecule has 1 fully saturated rings. The summed E-state index contributed by atoms with van der Waals surface area (Å²) in [5, 5.41) is 19.4. The van der Waals surface area contributed by atoms with Gasteiger partial charge in [0.2, 0.25) is 29.5 Å². The summed E-state index contributed by atoms with van der Waals surface area (Å²) in [5.74, 6) is -4.80. The van der Waals surface area contributed by atoms with Crippen molar-refractivity contribution in [1.82, 2.24) is 21.3 Å². The van der Waals surface area contributed by atoms with Gasteiger partial charge in [-0.3, -0.25) is 24.0 Å². The maximum atomic E-state index is 13.5. The Morgan fingerprint density at radius 1 is 0.844 bits per heavy atom. The fourth-order valence-electron chi connectivity index (χ4n) is 5.04. The first-order valence-corrected chi connectivity index (χ1v) is 15.4. The molecule has 2 rings (SSSR count). The van der Waals surface area contributed by atoms with Gasteiger partial charge in [-0.05, 0) is 30.7 Å². The Kier molecular flexibility index (Phi) is 15.4. The minimum absolute atomic E-state index is 0.0427. The van der Waals surface area contributed by atoms with Crippen LogP contribution in [0.4, 0.5) is 0 Å². The van der Waals surface area contributed by atoms with Gasteiger partial charge in [0.1, 0.15) is 36.8 Å². The summed E-state index contributed by atoms with van der Waals surface area (Å²) < 4.78 is 5.34. The number of hydrogen-bond donors (Lipinski definition) is 7. The summed E-state index contributed by atoms with van der Waals surface area (Å²) >= 11 is 0. The molecule has 0 unspecified atom stereocenters. The van der Waals surface area contributed by atoms with Crippen molar-refractivity contribution >= 4 is 35.5 Å². The van der Waals surface area contributed by atoms with Crippen LogP contribution in [0.25, 0.3) is 0 Å². The molecule has 45 heavy (non-hydrogen) atoms. The normalized spacial score (nSPS) is 16.8. The van der Waals surface area contributed by atoms with Gasteiger partial charge in [-0.15, -0.1) is 0 Å². The van der Waals surface area contributed by atoms with Crippen LogP contribution in [0, 0.1) is 11.8 Å². The molecule has 1 aliphatic rings. The summed E-state index contributed by atoms with van der Waals surface area (Å²) in [6.45, 7) is 4.20. The maximum absolute atomic E-state index is 13.5. The van der Waals surface area contributed by atoms with Crippen LogP contribution in [-0.4, -0.2) is 77.4 Å². The van der Waals surface area contributed by atoms with E-state index in [1.54, 1.807) is 13.8 Å². The highest BCUT2D eigenvalue weighted by molar-refractivity contribution is 5.97. The van der Waals surface area contributed by atoms with Crippen LogP contribution in [0.3, 0.4) is 0 Å². The third kappa shape index (κ3) is 12.8. The van der Waals surface area contributed by atoms with E-state index in [2.05, 4.69) is 21.3 Å². The maximum Gasteiger partial charge on any atom is 0.328 e. The third-order valence-corrected chi connectivity index (χ3v) is 7.68. The second-order valence-electron chi connectivity index (χ2n) is 11.9. The number of nitrogens with two attached hydrogens (primary N) is 2. The van der Waals surface area contributed by atoms with E-state index in [0.717, 1.165) is 37.7 Å². The number of benzene rings is 1. The van der Waals surface area contributed by atoms with Gasteiger partial charge in [-0.25, -0.2) is 4.79 Å². The average molecular weight is 633 g/mol. The zero-order valence-corrected chi connectivity index (χ0v) is 26.3. The third-order valence-electron chi connectivity index (χ3n) is 7.68. The molecule has 1 aromatic rings. The number of carbonyl (C=O) groups is 6. The Morgan fingerprint density at radius 3 is 2.02 bits per heavy atom. The lowest BCUT2D eigenvalue weighted by Gasteiger charge is -2.30. The lowest BCUT2D eigenvalue weighted by atomic mass is 9.84. The Hall–Kier alpha value is -4.04. The number of esters is 1. The Morgan fingerprint density at radius 2 is 1.44 bits per heavy atom. The monoisotopic (exact) mass is 632 g/mol. The molecule has 1 aliphatic carbocycles. The molecular formula is C31H48N6O8. The van der Waals surface area contributed by atoms with Gasteiger partial charge < -0.3 is 42.6 Å². The van der Waals surface area contributed by atoms with E-state index >= 15 is 0 Å². The Labute approximate surface area is 263 Å². The van der Waals surface area contributed by atoms with Gasteiger partial charge >= 0.3 is 5.97 Å². The number of amides is 5. The van der Waals surface area contributed by atoms with Crippen LogP contribution < -0.4 is 32.7 Å². The van der Waals surface area contributed by atoms with Crippen LogP contribution in [-0.2, 0) is 40.1 Å². The molecule has 250 valence electrons. The highest BCUT2D eigenvalue weighted by atomic mass is 16.5. The molecule has 0 heterocycles. The summed E-state index contributed by atoms with van der Waals surface area (Å²) in [6.07, 6.45) is 4.65. The topological polar surface area (TPSA) is 232 Å². The number of ether oxygens (including phenoxy) is 1. The number of carbonyl (C=O) groups excluding carboxylic acids is 6. The van der Waals surface area contributed by atoms with E-state index in [4.69, 9.17) is 21.3 Å². The van der Waals surface area contributed by atoms with E-state index in [-0.39, 0.29) is 12.5 Å². The van der Waals surface area contributed by atoms with Gasteiger partial charge in [-0.1, -0.05) is 76.3 Å². The van der Waals surface area contributed by atoms with Gasteiger partial charge in [0.15, 0.2) is 0 Å². The largest absolute Gasteiger partial charge is 0.459 e. The smallest absolute Gasteiger partial charge is 0.328 e. The molecule has 14 nitrogen and oxygen atoms in total. The van der Waals surface area contributed by atoms with E-state index in [9.17, 15) is 28.8 Å². The molecule has 0 radical (unpaired) electrons. The number of nitrogens with one attached hydrogen (secondary N) is 4. The molecule has 0 aromatic heterocycles. The van der Waals surface area contributed by atoms with Crippen molar-refractivity contribution in [1.29, 1.82) is 0 Å². The van der Waals surface area contributed by atoms with Gasteiger partial charge in [-0.2, -0.15) is 0 Å². The number of rotatable bonds is 17. The molecule has 0 saturated heterocycles. The molecule has 14 heteroatoms. The molecule has 0 aliphatic heterocycles. The Balaban J connectivity index is 2.15. The standard InChI is InChI=1S/C31H48N6O8/c1-18(2)26(37-29(42)24(15-25(33)39)35-27(40)22(32)16-38)30(43)36-23(14-20-10-6-4-7-11-20)28(41)34-19(3)31(44)45-17-21-12-8-5-9-13-21/h5,8-9,12-13,18-20,22-24,26,38H,4,6-7,10-11,14-17,32H2,1-3H3,(H2,33,39)(H,34,41)(H,35,40)(H,36,43)(H,37,42)/t19-,22-,23-,24-,26-/m0/s1. The number of aliphatic hydroxyl groups is 1. The first-order valence-electron chi connectivity index (χ1n) is 15.4. The van der Waals surface area contributed by atoms with E-state index < -0.39 is 84.7 Å². The van der Waals surface area contributed by atoms with Gasteiger partial charge in [0.25, 0.3) is 0 Å². The predicted octanol–water partition coefficient (Wildman–Crippen LogP) is -0.490. The molecule has 1 saturated carbocycles. The molecule has 0 spiro atoms. The molecule has 9 N–H and O–H groups in total. The first-order chi connectivity index (χ1) is 21.3. The fraction of sp³-hybridized carbons (Fsp3) is 0.613. The van der Waals surface area contributed by atoms with Crippen LogP contribution in [0.15, 0.2) is 30.3 Å². The van der Waals surface area contributed by atoms with E-state index in [1.165, 1.54) is 6.92 Å². The zero-order valence-electron chi connectivity index (χ0n) is 26.3. The first kappa shape index (κ1) is 37.1. The quantitative estimate of drug-likeness (QED) is 0.110. The summed E-state index contributed by atoms with van der Waals surface area (Å²) in [4.78, 5) is 76.5. The van der Waals surface area contributed by atoms with E-state index in [1.807, 2.05) is 30.3 Å². The van der Waals surface area contributed by atoms with Crippen molar-refractivity contribution in [2.45, 2.75) is 103 Å². The second kappa shape index (κ2) is 18.7. The van der Waals surface area contributed by atoms with Crippen LogP contribution in [0.1, 0.15) is 71.3 Å². The van der Waals surface area contributed by atoms with Crippen molar-refractivity contribution in [2.75, 3.05) is 6.61 Å². The zero-order chi connectivity index (χ0) is 33.5. The predicted molar refractivity (Wildman–Crippen MR) is 165 cm³/mol. The van der Waals surface area contributed by atoms with Crippen LogP contribution in [0.2, 0.25) is 0 Å². The molecule has 5 amide bonds. The van der Waals surface area contributed by atoms with Gasteiger partial charge in [0.05, 0.1) is 13.0 Å². The fourth-order valence-corrected chi connectivity index (χ4v) is 5.04. The summed E-state index contributed by atoms with van der Waals surface area (Å²) in [6, 6.07) is 3.15. The van der Waals surface area contributed by atoms with Gasteiger partial charge in [0, 0.05) is 0 Å². The lowest BCUT2D eigenvalue weighted by Crippen LogP contribution is -2.60. The molecular weight excluding hydrogens is 584 g/mol. The number of primary amides is 1. The lowest BCUT2D eigenvalue weighted by molar-refractivity contribution is -0.149. The average Bonchev–Trinajstić information content (AvgIpc) is 3.01. The van der Waals surface area contributed by atoms with Crippen molar-refractivity contribution < 1.29 is 38.6 Å². The van der Waals surface area contributed by atoms with Crippen molar-refractivity contribution in [3.05, 3.63) is 35.9 Å². The Bertz CT molecular complexity index is 1160. The molecule has 5 atom stereocenters. The SMILES string of the molecule is CC(C)[C@H](NC(=O)[C@H](CC(N)=O)NC(=O)[C@@H](N)CO)C(=O)N[C@@H](CC1CCCCC1)C(=O)N[C@@H](C)C(=O)OCc1ccccc1. The molecule has 1 aromatic carbocycles. The van der Waals surface area contributed by atoms with Crippen molar-refractivity contribution in [3.63, 3.8) is 0 Å². The summed E-state index contributed by atoms with van der Waals surface area (Å²) in [5.41, 5.74) is 11.6. The van der Waals surface area contributed by atoms with Crippen LogP contribution >= 0.6 is 0 Å². The molecule has 0 bridgehead atoms. The minimum atomic E-state index is -1.45. The number of hydrogen-bond acceptors (Lipinski definition) is 9. The van der Waals surface area contributed by atoms with Crippen molar-refractivity contribution in [3.8, 4) is 0 Å². The highest BCUT2D eigenvalue weighted by Gasteiger charge is 2.34. The van der Waals surface area contributed by atoms with Crippen molar-refractivity contribution in [2.24, 2.45) is 23.3 Å².